The maximum Gasteiger partial charge on any atom is 0.252 e. The van der Waals surface area contributed by atoms with Crippen LogP contribution in [0.2, 0.25) is 0 Å². The van der Waals surface area contributed by atoms with Crippen LogP contribution in [-0.4, -0.2) is 47.8 Å². The Morgan fingerprint density at radius 3 is 2.13 bits per heavy atom. The van der Waals surface area contributed by atoms with Crippen molar-refractivity contribution in [1.82, 2.24) is 15.3 Å². The molecule has 7 heteroatoms. The summed E-state index contributed by atoms with van der Waals surface area (Å²) in [6.45, 7) is 1.98. The minimum atomic E-state index is -0.203. The van der Waals surface area contributed by atoms with Crippen LogP contribution in [0.3, 0.4) is 0 Å². The van der Waals surface area contributed by atoms with E-state index in [0.717, 1.165) is 48.0 Å². The van der Waals surface area contributed by atoms with Crippen molar-refractivity contribution in [2.24, 2.45) is 0 Å². The van der Waals surface area contributed by atoms with E-state index in [1.807, 2.05) is 62.3 Å². The molecule has 38 heavy (non-hydrogen) atoms. The molecule has 0 bridgehead atoms. The molecule has 0 unspecified atom stereocenters. The first-order valence-electron chi connectivity index (χ1n) is 13.1. The molecular formula is C31H33N5O2. The van der Waals surface area contributed by atoms with Gasteiger partial charge in [-0.2, -0.15) is 4.98 Å². The first-order chi connectivity index (χ1) is 18.4. The summed E-state index contributed by atoms with van der Waals surface area (Å²) in [5, 5.41) is 7.70. The minimum absolute atomic E-state index is 0.0536. The second-order valence-electron chi connectivity index (χ2n) is 10.2. The van der Waals surface area contributed by atoms with E-state index in [1.165, 1.54) is 0 Å². The predicted octanol–water partition coefficient (Wildman–Crippen LogP) is 5.39. The maximum atomic E-state index is 13.2. The highest BCUT2D eigenvalue weighted by molar-refractivity contribution is 6.15. The Labute approximate surface area is 223 Å². The lowest BCUT2D eigenvalue weighted by molar-refractivity contribution is 0.0917. The highest BCUT2D eigenvalue weighted by atomic mass is 16.2. The second-order valence-corrected chi connectivity index (χ2v) is 10.2. The standard InChI is InChI=1S/C31H33N5O2/c1-20-12-14-21(15-13-20)28(37)24-8-4-5-9-25(24)30(38)32-22-16-18-23(19-17-22)33-31-34-27-11-7-6-10-26(27)29(35-31)36(2)3/h4-15,22-23H,16-19H2,1-3H3,(H,32,38)(H,33,34,35)/t22-,23+. The van der Waals surface area contributed by atoms with E-state index in [9.17, 15) is 9.59 Å². The van der Waals surface area contributed by atoms with Crippen LogP contribution in [-0.2, 0) is 0 Å². The number of rotatable bonds is 7. The zero-order chi connectivity index (χ0) is 26.6. The number of nitrogens with zero attached hydrogens (tertiary/aromatic N) is 3. The van der Waals surface area contributed by atoms with Gasteiger partial charge < -0.3 is 15.5 Å². The summed E-state index contributed by atoms with van der Waals surface area (Å²) in [7, 11) is 3.97. The summed E-state index contributed by atoms with van der Waals surface area (Å²) in [4.78, 5) is 37.8. The van der Waals surface area contributed by atoms with Crippen molar-refractivity contribution in [2.45, 2.75) is 44.7 Å². The van der Waals surface area contributed by atoms with Crippen LogP contribution in [0.4, 0.5) is 11.8 Å². The first-order valence-corrected chi connectivity index (χ1v) is 13.1. The number of nitrogens with one attached hydrogen (secondary N) is 2. The van der Waals surface area contributed by atoms with E-state index in [1.54, 1.807) is 36.4 Å². The SMILES string of the molecule is Cc1ccc(C(=O)c2ccccc2C(=O)N[C@H]2CC[C@@H](Nc3nc(N(C)C)c4ccccc4n3)CC2)cc1. The first kappa shape index (κ1) is 25.4. The summed E-state index contributed by atoms with van der Waals surface area (Å²) in [6, 6.07) is 22.8. The number of carbonyl (C=O) groups is 2. The normalized spacial score (nSPS) is 17.1. The van der Waals surface area contributed by atoms with Crippen LogP contribution in [0.1, 0.15) is 57.5 Å². The fourth-order valence-corrected chi connectivity index (χ4v) is 5.03. The Hall–Kier alpha value is -4.26. The van der Waals surface area contributed by atoms with Crippen molar-refractivity contribution < 1.29 is 9.59 Å². The number of ketones is 1. The molecule has 0 aliphatic heterocycles. The Balaban J connectivity index is 1.22. The monoisotopic (exact) mass is 507 g/mol. The number of hydrogen-bond donors (Lipinski definition) is 2. The van der Waals surface area contributed by atoms with Crippen molar-refractivity contribution >= 4 is 34.4 Å². The van der Waals surface area contributed by atoms with E-state index in [-0.39, 0.29) is 23.8 Å². The Kier molecular flexibility index (Phi) is 7.36. The van der Waals surface area contributed by atoms with Gasteiger partial charge in [0.15, 0.2) is 5.78 Å². The van der Waals surface area contributed by atoms with Gasteiger partial charge in [-0.05, 0) is 50.8 Å². The van der Waals surface area contributed by atoms with Crippen molar-refractivity contribution in [3.63, 3.8) is 0 Å². The molecule has 194 valence electrons. The molecule has 1 fully saturated rings. The van der Waals surface area contributed by atoms with Crippen molar-refractivity contribution in [3.05, 3.63) is 95.1 Å². The van der Waals surface area contributed by atoms with E-state index in [0.29, 0.717) is 22.6 Å². The van der Waals surface area contributed by atoms with Crippen LogP contribution in [0.15, 0.2) is 72.8 Å². The molecule has 1 amide bonds. The van der Waals surface area contributed by atoms with Gasteiger partial charge in [-0.3, -0.25) is 9.59 Å². The van der Waals surface area contributed by atoms with Gasteiger partial charge in [0.2, 0.25) is 5.95 Å². The average Bonchev–Trinajstić information content (AvgIpc) is 2.93. The number of anilines is 2. The molecule has 2 N–H and O–H groups in total. The van der Waals surface area contributed by atoms with E-state index < -0.39 is 0 Å². The molecule has 0 radical (unpaired) electrons. The number of fused-ring (bicyclic) bond motifs is 1. The fraction of sp³-hybridized carbons (Fsp3) is 0.290. The summed E-state index contributed by atoms with van der Waals surface area (Å²) in [6.07, 6.45) is 3.46. The number of carbonyl (C=O) groups excluding carboxylic acids is 2. The third-order valence-electron chi connectivity index (χ3n) is 7.13. The molecule has 1 heterocycles. The van der Waals surface area contributed by atoms with Crippen LogP contribution >= 0.6 is 0 Å². The van der Waals surface area contributed by atoms with E-state index in [2.05, 4.69) is 10.6 Å². The summed E-state index contributed by atoms with van der Waals surface area (Å²) < 4.78 is 0. The van der Waals surface area contributed by atoms with Gasteiger partial charge in [0.25, 0.3) is 5.91 Å². The number of para-hydroxylation sites is 1. The van der Waals surface area contributed by atoms with E-state index in [4.69, 9.17) is 9.97 Å². The van der Waals surface area contributed by atoms with Crippen molar-refractivity contribution in [3.8, 4) is 0 Å². The van der Waals surface area contributed by atoms with Gasteiger partial charge in [0, 0.05) is 42.7 Å². The number of aromatic nitrogens is 2. The molecule has 0 atom stereocenters. The van der Waals surface area contributed by atoms with Crippen LogP contribution in [0, 0.1) is 6.92 Å². The van der Waals surface area contributed by atoms with Gasteiger partial charge in [-0.1, -0.05) is 60.2 Å². The third-order valence-corrected chi connectivity index (χ3v) is 7.13. The van der Waals surface area contributed by atoms with E-state index >= 15 is 0 Å². The van der Waals surface area contributed by atoms with Crippen molar-refractivity contribution in [1.29, 1.82) is 0 Å². The molecule has 5 rings (SSSR count). The minimum Gasteiger partial charge on any atom is -0.362 e. The molecule has 4 aromatic rings. The smallest absolute Gasteiger partial charge is 0.252 e. The largest absolute Gasteiger partial charge is 0.362 e. The van der Waals surface area contributed by atoms with Crippen LogP contribution in [0.25, 0.3) is 10.9 Å². The Morgan fingerprint density at radius 2 is 1.42 bits per heavy atom. The Morgan fingerprint density at radius 1 is 0.789 bits per heavy atom. The topological polar surface area (TPSA) is 87.2 Å². The number of amides is 1. The Bertz CT molecular complexity index is 1460. The van der Waals surface area contributed by atoms with Gasteiger partial charge in [-0.15, -0.1) is 0 Å². The molecule has 0 spiro atoms. The van der Waals surface area contributed by atoms with Crippen LogP contribution in [0.5, 0.6) is 0 Å². The third kappa shape index (κ3) is 5.52. The molecular weight excluding hydrogens is 474 g/mol. The quantitative estimate of drug-likeness (QED) is 0.326. The number of hydrogen-bond acceptors (Lipinski definition) is 6. The lowest BCUT2D eigenvalue weighted by Gasteiger charge is -2.30. The molecule has 0 saturated heterocycles. The summed E-state index contributed by atoms with van der Waals surface area (Å²) in [5.41, 5.74) is 3.42. The highest BCUT2D eigenvalue weighted by Gasteiger charge is 2.25. The average molecular weight is 508 g/mol. The fourth-order valence-electron chi connectivity index (χ4n) is 5.03. The summed E-state index contributed by atoms with van der Waals surface area (Å²) in [5.74, 6) is 1.17. The summed E-state index contributed by atoms with van der Waals surface area (Å²) >= 11 is 0. The second kappa shape index (κ2) is 11.0. The van der Waals surface area contributed by atoms with Gasteiger partial charge >= 0.3 is 0 Å². The maximum absolute atomic E-state index is 13.2. The van der Waals surface area contributed by atoms with Gasteiger partial charge in [0.05, 0.1) is 11.1 Å². The van der Waals surface area contributed by atoms with Gasteiger partial charge in [0.1, 0.15) is 5.82 Å². The highest BCUT2D eigenvalue weighted by Crippen LogP contribution is 2.27. The van der Waals surface area contributed by atoms with Crippen LogP contribution < -0.4 is 15.5 Å². The zero-order valence-corrected chi connectivity index (χ0v) is 22.1. The predicted molar refractivity (Wildman–Crippen MR) is 152 cm³/mol. The zero-order valence-electron chi connectivity index (χ0n) is 22.1. The number of aryl methyl sites for hydroxylation is 1. The molecule has 1 aliphatic carbocycles. The molecule has 7 nitrogen and oxygen atoms in total. The van der Waals surface area contributed by atoms with Crippen molar-refractivity contribution in [2.75, 3.05) is 24.3 Å². The lowest BCUT2D eigenvalue weighted by Crippen LogP contribution is -2.40. The molecule has 3 aromatic carbocycles. The molecule has 1 aliphatic rings. The van der Waals surface area contributed by atoms with Gasteiger partial charge in [-0.25, -0.2) is 4.98 Å². The molecule has 1 aromatic heterocycles. The number of benzene rings is 3. The molecule has 1 saturated carbocycles. The lowest BCUT2D eigenvalue weighted by atomic mass is 9.90.